The molecule has 1 unspecified atom stereocenters. The maximum absolute atomic E-state index is 13.0. The highest BCUT2D eigenvalue weighted by Crippen LogP contribution is 2.23. The van der Waals surface area contributed by atoms with Gasteiger partial charge < -0.3 is 10.6 Å². The number of nitrogens with zero attached hydrogens (tertiary/aromatic N) is 3. The molecular formula is C23H18BrN5O3. The Kier molecular flexibility index (Phi) is 5.88. The molecule has 1 aliphatic rings. The van der Waals surface area contributed by atoms with E-state index in [0.29, 0.717) is 35.5 Å². The van der Waals surface area contributed by atoms with Crippen LogP contribution >= 0.6 is 15.9 Å². The molecule has 0 fully saturated rings. The van der Waals surface area contributed by atoms with Crippen molar-refractivity contribution in [1.82, 2.24) is 15.1 Å². The van der Waals surface area contributed by atoms with E-state index in [9.17, 15) is 14.4 Å². The Morgan fingerprint density at radius 3 is 2.72 bits per heavy atom. The zero-order valence-corrected chi connectivity index (χ0v) is 18.6. The third-order valence-electron chi connectivity index (χ3n) is 5.28. The molecule has 4 rings (SSSR count). The number of rotatable bonds is 3. The number of benzene rings is 2. The normalized spacial score (nSPS) is 15.2. The number of anilines is 1. The third-order valence-corrected chi connectivity index (χ3v) is 6.22. The summed E-state index contributed by atoms with van der Waals surface area (Å²) in [7, 11) is 0. The van der Waals surface area contributed by atoms with E-state index in [-0.39, 0.29) is 10.2 Å². The van der Waals surface area contributed by atoms with Gasteiger partial charge in [-0.1, -0.05) is 18.2 Å². The van der Waals surface area contributed by atoms with Crippen molar-refractivity contribution in [2.75, 3.05) is 5.32 Å². The average Bonchev–Trinajstić information content (AvgIpc) is 2.96. The van der Waals surface area contributed by atoms with E-state index in [2.05, 4.69) is 37.7 Å². The first-order valence-electron chi connectivity index (χ1n) is 9.88. The quantitative estimate of drug-likeness (QED) is 0.583. The lowest BCUT2D eigenvalue weighted by Gasteiger charge is -2.16. The molecule has 1 aromatic heterocycles. The number of para-hydroxylation sites is 1. The second kappa shape index (κ2) is 8.77. The molecule has 9 heteroatoms. The molecule has 1 atom stereocenters. The standard InChI is InChI=1S/C23H18BrN5O3/c1-13-19(24)21(30)20(28-29(13)16-5-3-2-4-6-16)23(32)27-18-10-8-15-11-14(12-25)7-9-17(15)26-22(18)31/h2-7,9,11,18H,8,10H2,1H3,(H,26,31)(H,27,32). The Morgan fingerprint density at radius 2 is 2.00 bits per heavy atom. The maximum Gasteiger partial charge on any atom is 0.276 e. The summed E-state index contributed by atoms with van der Waals surface area (Å²) in [5.74, 6) is -1.12. The van der Waals surface area contributed by atoms with E-state index >= 15 is 0 Å². The summed E-state index contributed by atoms with van der Waals surface area (Å²) in [4.78, 5) is 38.4. The zero-order valence-electron chi connectivity index (χ0n) is 17.1. The number of amides is 2. The predicted molar refractivity (Wildman–Crippen MR) is 122 cm³/mol. The molecular weight excluding hydrogens is 474 g/mol. The summed E-state index contributed by atoms with van der Waals surface area (Å²) in [6.45, 7) is 1.72. The van der Waals surface area contributed by atoms with Crippen molar-refractivity contribution in [3.63, 3.8) is 0 Å². The van der Waals surface area contributed by atoms with Crippen molar-refractivity contribution in [1.29, 1.82) is 5.26 Å². The molecule has 2 N–H and O–H groups in total. The highest BCUT2D eigenvalue weighted by Gasteiger charge is 2.28. The van der Waals surface area contributed by atoms with Crippen molar-refractivity contribution >= 4 is 33.4 Å². The monoisotopic (exact) mass is 491 g/mol. The second-order valence-corrected chi connectivity index (χ2v) is 8.16. The topological polar surface area (TPSA) is 117 Å². The van der Waals surface area contributed by atoms with E-state index < -0.39 is 23.3 Å². The molecule has 2 heterocycles. The predicted octanol–water partition coefficient (Wildman–Crippen LogP) is 2.86. The molecule has 32 heavy (non-hydrogen) atoms. The van der Waals surface area contributed by atoms with Gasteiger partial charge in [0.1, 0.15) is 6.04 Å². The van der Waals surface area contributed by atoms with Crippen LogP contribution < -0.4 is 16.1 Å². The number of carbonyl (C=O) groups excluding carboxylic acids is 2. The van der Waals surface area contributed by atoms with Gasteiger partial charge in [-0.3, -0.25) is 14.4 Å². The lowest BCUT2D eigenvalue weighted by Crippen LogP contribution is -2.45. The number of hydrogen-bond acceptors (Lipinski definition) is 5. The molecule has 0 aliphatic carbocycles. The Morgan fingerprint density at radius 1 is 1.25 bits per heavy atom. The molecule has 3 aromatic rings. The van der Waals surface area contributed by atoms with Crippen LogP contribution in [-0.4, -0.2) is 27.6 Å². The lowest BCUT2D eigenvalue weighted by atomic mass is 10.0. The van der Waals surface area contributed by atoms with Gasteiger partial charge in [0.25, 0.3) is 5.91 Å². The first kappa shape index (κ1) is 21.5. The van der Waals surface area contributed by atoms with Gasteiger partial charge in [0.2, 0.25) is 11.3 Å². The van der Waals surface area contributed by atoms with Gasteiger partial charge in [-0.2, -0.15) is 10.4 Å². The molecule has 2 amide bonds. The van der Waals surface area contributed by atoms with Crippen LogP contribution in [0.15, 0.2) is 57.8 Å². The van der Waals surface area contributed by atoms with E-state index in [1.165, 1.54) is 4.68 Å². The summed E-state index contributed by atoms with van der Waals surface area (Å²) in [6.07, 6.45) is 0.799. The van der Waals surface area contributed by atoms with Crippen molar-refractivity contribution < 1.29 is 9.59 Å². The van der Waals surface area contributed by atoms with Crippen molar-refractivity contribution in [2.24, 2.45) is 0 Å². The first-order chi connectivity index (χ1) is 15.4. The number of nitrogens with one attached hydrogen (secondary N) is 2. The highest BCUT2D eigenvalue weighted by atomic mass is 79.9. The molecule has 0 spiro atoms. The number of nitriles is 1. The smallest absolute Gasteiger partial charge is 0.276 e. The van der Waals surface area contributed by atoms with E-state index in [1.54, 1.807) is 25.1 Å². The summed E-state index contributed by atoms with van der Waals surface area (Å²) in [5, 5.41) is 18.8. The number of fused-ring (bicyclic) bond motifs is 1. The number of carbonyl (C=O) groups is 2. The molecule has 0 saturated heterocycles. The van der Waals surface area contributed by atoms with E-state index in [0.717, 1.165) is 5.56 Å². The Bertz CT molecular complexity index is 1330. The van der Waals surface area contributed by atoms with Gasteiger partial charge in [-0.05, 0) is 71.6 Å². The van der Waals surface area contributed by atoms with Crippen LogP contribution in [0.25, 0.3) is 5.69 Å². The summed E-state index contributed by atoms with van der Waals surface area (Å²) < 4.78 is 1.73. The van der Waals surface area contributed by atoms with Gasteiger partial charge >= 0.3 is 0 Å². The number of aromatic nitrogens is 2. The number of halogens is 1. The minimum absolute atomic E-state index is 0.225. The van der Waals surface area contributed by atoms with Gasteiger partial charge in [-0.15, -0.1) is 0 Å². The summed E-state index contributed by atoms with van der Waals surface area (Å²) >= 11 is 3.27. The molecule has 160 valence electrons. The average molecular weight is 492 g/mol. The fourth-order valence-corrected chi connectivity index (χ4v) is 3.91. The molecule has 1 aliphatic heterocycles. The third kappa shape index (κ3) is 4.05. The van der Waals surface area contributed by atoms with E-state index in [1.807, 2.05) is 30.3 Å². The molecule has 0 radical (unpaired) electrons. The lowest BCUT2D eigenvalue weighted by molar-refractivity contribution is -0.118. The van der Waals surface area contributed by atoms with Crippen LogP contribution in [0, 0.1) is 18.3 Å². The summed E-state index contributed by atoms with van der Waals surface area (Å²) in [5.41, 5.74) is 2.29. The minimum atomic E-state index is -0.855. The second-order valence-electron chi connectivity index (χ2n) is 7.36. The molecule has 2 aromatic carbocycles. The zero-order chi connectivity index (χ0) is 22.8. The van der Waals surface area contributed by atoms with Crippen LogP contribution in [-0.2, 0) is 11.2 Å². The minimum Gasteiger partial charge on any atom is -0.339 e. The SMILES string of the molecule is Cc1c(Br)c(=O)c(C(=O)NC2CCc3cc(C#N)ccc3NC2=O)nn1-c1ccccc1. The molecule has 0 saturated carbocycles. The summed E-state index contributed by atoms with van der Waals surface area (Å²) in [6, 6.07) is 15.4. The van der Waals surface area contributed by atoms with Gasteiger partial charge in [-0.25, -0.2) is 4.68 Å². The van der Waals surface area contributed by atoms with Crippen LogP contribution in [0.1, 0.15) is 33.7 Å². The Hall–Kier alpha value is -3.77. The molecule has 0 bridgehead atoms. The van der Waals surface area contributed by atoms with E-state index in [4.69, 9.17) is 5.26 Å². The van der Waals surface area contributed by atoms with Crippen molar-refractivity contribution in [2.45, 2.75) is 25.8 Å². The van der Waals surface area contributed by atoms with Crippen LogP contribution in [0.2, 0.25) is 0 Å². The Balaban J connectivity index is 1.62. The van der Waals surface area contributed by atoms with Crippen LogP contribution in [0.4, 0.5) is 5.69 Å². The fourth-order valence-electron chi connectivity index (χ4n) is 3.56. The highest BCUT2D eigenvalue weighted by molar-refractivity contribution is 9.10. The largest absolute Gasteiger partial charge is 0.339 e. The molecule has 8 nitrogen and oxygen atoms in total. The van der Waals surface area contributed by atoms with Gasteiger partial charge in [0.05, 0.1) is 27.5 Å². The fraction of sp³-hybridized carbons (Fsp3) is 0.174. The number of aryl methyl sites for hydroxylation is 1. The number of hydrogen-bond donors (Lipinski definition) is 2. The van der Waals surface area contributed by atoms with Gasteiger partial charge in [0.15, 0.2) is 5.69 Å². The van der Waals surface area contributed by atoms with Crippen molar-refractivity contribution in [3.8, 4) is 11.8 Å². The Labute approximate surface area is 192 Å². The van der Waals surface area contributed by atoms with Crippen LogP contribution in [0.3, 0.4) is 0 Å². The van der Waals surface area contributed by atoms with Crippen LogP contribution in [0.5, 0.6) is 0 Å². The van der Waals surface area contributed by atoms with Crippen molar-refractivity contribution in [3.05, 3.63) is 85.7 Å². The van der Waals surface area contributed by atoms with Gasteiger partial charge in [0, 0.05) is 5.69 Å². The maximum atomic E-state index is 13.0. The first-order valence-corrected chi connectivity index (χ1v) is 10.7.